The summed E-state index contributed by atoms with van der Waals surface area (Å²) in [4.78, 5) is 13.6. The first kappa shape index (κ1) is 11.7. The molecule has 2 aliphatic heterocycles. The van der Waals surface area contributed by atoms with Crippen LogP contribution >= 0.6 is 11.6 Å². The molecule has 2 amide bonds. The zero-order valence-electron chi connectivity index (χ0n) is 9.62. The molecule has 0 aliphatic carbocycles. The third-order valence-corrected chi connectivity index (χ3v) is 3.71. The Morgan fingerprint density at radius 3 is 2.83 bits per heavy atom. The van der Waals surface area contributed by atoms with Crippen LogP contribution in [0.2, 0.25) is 5.02 Å². The first-order valence-electron chi connectivity index (χ1n) is 5.88. The maximum absolute atomic E-state index is 13.7. The molecule has 0 radical (unpaired) electrons. The van der Waals surface area contributed by atoms with E-state index in [0.29, 0.717) is 17.1 Å². The quantitative estimate of drug-likeness (QED) is 0.855. The number of hydrogen-bond acceptors (Lipinski definition) is 2. The van der Waals surface area contributed by atoms with Crippen molar-refractivity contribution in [2.45, 2.75) is 12.1 Å². The Bertz CT molecular complexity index is 492. The van der Waals surface area contributed by atoms with Gasteiger partial charge in [-0.15, -0.1) is 0 Å². The van der Waals surface area contributed by atoms with Gasteiger partial charge in [-0.3, -0.25) is 0 Å². The molecule has 0 saturated carbocycles. The van der Waals surface area contributed by atoms with Crippen LogP contribution in [0, 0.1) is 5.82 Å². The van der Waals surface area contributed by atoms with Crippen LogP contribution in [0.5, 0.6) is 0 Å². The van der Waals surface area contributed by atoms with Crippen molar-refractivity contribution in [2.75, 3.05) is 19.6 Å². The number of nitrogens with one attached hydrogen (secondary N) is 2. The van der Waals surface area contributed by atoms with Crippen molar-refractivity contribution in [3.8, 4) is 0 Å². The van der Waals surface area contributed by atoms with Gasteiger partial charge in [0.15, 0.2) is 0 Å². The minimum absolute atomic E-state index is 0.133. The molecule has 4 nitrogen and oxygen atoms in total. The van der Waals surface area contributed by atoms with Crippen LogP contribution in [0.15, 0.2) is 18.2 Å². The lowest BCUT2D eigenvalue weighted by molar-refractivity contribution is 0.172. The van der Waals surface area contributed by atoms with E-state index in [9.17, 15) is 9.18 Å². The molecule has 1 atom stereocenters. The molecule has 96 valence electrons. The lowest BCUT2D eigenvalue weighted by Crippen LogP contribution is -2.57. The van der Waals surface area contributed by atoms with Crippen LogP contribution < -0.4 is 10.6 Å². The van der Waals surface area contributed by atoms with E-state index in [1.54, 1.807) is 11.0 Å². The Kier molecular flexibility index (Phi) is 2.87. The maximum atomic E-state index is 13.7. The van der Waals surface area contributed by atoms with Crippen LogP contribution in [0.25, 0.3) is 0 Å². The summed E-state index contributed by atoms with van der Waals surface area (Å²) in [6.07, 6.45) is 0. The number of carbonyl (C=O) groups is 1. The van der Waals surface area contributed by atoms with Gasteiger partial charge in [0.05, 0.1) is 12.1 Å². The molecule has 2 fully saturated rings. The largest absolute Gasteiger partial charge is 0.329 e. The number of nitrogens with zero attached hydrogens (tertiary/aromatic N) is 1. The van der Waals surface area contributed by atoms with Crippen molar-refractivity contribution in [2.24, 2.45) is 0 Å². The summed E-state index contributed by atoms with van der Waals surface area (Å²) >= 11 is 5.87. The minimum atomic E-state index is -0.335. The Morgan fingerprint density at radius 1 is 1.39 bits per heavy atom. The average Bonchev–Trinajstić information content (AvgIpc) is 2.62. The Labute approximate surface area is 109 Å². The van der Waals surface area contributed by atoms with Gasteiger partial charge >= 0.3 is 6.03 Å². The van der Waals surface area contributed by atoms with Crippen molar-refractivity contribution in [1.82, 2.24) is 15.5 Å². The number of carbonyl (C=O) groups excluding carboxylic acids is 1. The number of urea groups is 1. The highest BCUT2D eigenvalue weighted by molar-refractivity contribution is 6.30. The van der Waals surface area contributed by atoms with Crippen molar-refractivity contribution < 1.29 is 9.18 Å². The predicted octanol–water partition coefficient (Wildman–Crippen LogP) is 1.52. The molecule has 18 heavy (non-hydrogen) atoms. The second kappa shape index (κ2) is 4.40. The third kappa shape index (κ3) is 1.93. The van der Waals surface area contributed by atoms with E-state index in [0.717, 1.165) is 13.1 Å². The van der Waals surface area contributed by atoms with Gasteiger partial charge in [0, 0.05) is 30.2 Å². The molecular formula is C12H13ClFN3O. The molecule has 2 aliphatic rings. The van der Waals surface area contributed by atoms with Gasteiger partial charge in [-0.2, -0.15) is 0 Å². The van der Waals surface area contributed by atoms with Crippen LogP contribution in [0.1, 0.15) is 11.6 Å². The van der Waals surface area contributed by atoms with Crippen molar-refractivity contribution in [3.05, 3.63) is 34.6 Å². The standard InChI is InChI=1S/C12H13ClFN3O/c13-7-1-2-10(14)9(3-7)11-6-17(12(18)16-11)8-4-15-5-8/h1-3,8,11,15H,4-6H2,(H,16,18). The lowest BCUT2D eigenvalue weighted by Gasteiger charge is -2.34. The molecule has 1 unspecified atom stereocenters. The summed E-state index contributed by atoms with van der Waals surface area (Å²) in [6, 6.07) is 4.17. The predicted molar refractivity (Wildman–Crippen MR) is 66.0 cm³/mol. The number of amides is 2. The second-order valence-electron chi connectivity index (χ2n) is 4.63. The first-order chi connectivity index (χ1) is 8.65. The first-order valence-corrected chi connectivity index (χ1v) is 6.26. The Balaban J connectivity index is 1.81. The molecule has 1 aromatic rings. The molecule has 3 rings (SSSR count). The van der Waals surface area contributed by atoms with Crippen LogP contribution in [0.4, 0.5) is 9.18 Å². The zero-order valence-corrected chi connectivity index (χ0v) is 10.4. The van der Waals surface area contributed by atoms with E-state index in [1.165, 1.54) is 12.1 Å². The summed E-state index contributed by atoms with van der Waals surface area (Å²) in [5.41, 5.74) is 0.450. The fourth-order valence-electron chi connectivity index (χ4n) is 2.32. The van der Waals surface area contributed by atoms with Gasteiger partial charge in [-0.05, 0) is 18.2 Å². The monoisotopic (exact) mass is 269 g/mol. The third-order valence-electron chi connectivity index (χ3n) is 3.47. The highest BCUT2D eigenvalue weighted by Gasteiger charge is 2.37. The molecule has 2 heterocycles. The number of hydrogen-bond donors (Lipinski definition) is 2. The molecule has 1 aromatic carbocycles. The number of halogens is 2. The van der Waals surface area contributed by atoms with Gasteiger partial charge < -0.3 is 15.5 Å². The number of rotatable bonds is 2. The van der Waals surface area contributed by atoms with E-state index in [4.69, 9.17) is 11.6 Å². The Morgan fingerprint density at radius 2 is 2.17 bits per heavy atom. The van der Waals surface area contributed by atoms with E-state index in [2.05, 4.69) is 10.6 Å². The summed E-state index contributed by atoms with van der Waals surface area (Å²) < 4.78 is 13.7. The summed E-state index contributed by atoms with van der Waals surface area (Å²) in [6.45, 7) is 2.10. The smallest absolute Gasteiger partial charge is 0.318 e. The van der Waals surface area contributed by atoms with Crippen molar-refractivity contribution in [1.29, 1.82) is 0 Å². The summed E-state index contributed by atoms with van der Waals surface area (Å²) in [7, 11) is 0. The SMILES string of the molecule is O=C1NC(c2cc(Cl)ccc2F)CN1C1CNC1. The molecule has 0 aromatic heterocycles. The lowest BCUT2D eigenvalue weighted by atomic mass is 10.1. The maximum Gasteiger partial charge on any atom is 0.318 e. The van der Waals surface area contributed by atoms with Gasteiger partial charge in [0.1, 0.15) is 5.82 Å². The average molecular weight is 270 g/mol. The fourth-order valence-corrected chi connectivity index (χ4v) is 2.50. The molecule has 2 saturated heterocycles. The van der Waals surface area contributed by atoms with E-state index < -0.39 is 0 Å². The molecule has 6 heteroatoms. The van der Waals surface area contributed by atoms with E-state index in [1.807, 2.05) is 0 Å². The molecule has 0 spiro atoms. The summed E-state index contributed by atoms with van der Waals surface area (Å²) in [5, 5.41) is 6.39. The normalized spacial score (nSPS) is 24.0. The molecular weight excluding hydrogens is 257 g/mol. The number of benzene rings is 1. The molecule has 2 N–H and O–H groups in total. The summed E-state index contributed by atoms with van der Waals surface area (Å²) in [5.74, 6) is -0.335. The van der Waals surface area contributed by atoms with Crippen LogP contribution in [0.3, 0.4) is 0 Å². The Hall–Kier alpha value is -1.33. The van der Waals surface area contributed by atoms with Gasteiger partial charge in [0.2, 0.25) is 0 Å². The van der Waals surface area contributed by atoms with Gasteiger partial charge in [-0.25, -0.2) is 9.18 Å². The minimum Gasteiger partial charge on any atom is -0.329 e. The van der Waals surface area contributed by atoms with Crippen LogP contribution in [-0.2, 0) is 0 Å². The highest BCUT2D eigenvalue weighted by Crippen LogP contribution is 2.27. The highest BCUT2D eigenvalue weighted by atomic mass is 35.5. The van der Waals surface area contributed by atoms with Gasteiger partial charge in [-0.1, -0.05) is 11.6 Å². The van der Waals surface area contributed by atoms with Crippen molar-refractivity contribution >= 4 is 17.6 Å². The van der Waals surface area contributed by atoms with Crippen molar-refractivity contribution in [3.63, 3.8) is 0 Å². The fraction of sp³-hybridized carbons (Fsp3) is 0.417. The topological polar surface area (TPSA) is 44.4 Å². The zero-order chi connectivity index (χ0) is 12.7. The van der Waals surface area contributed by atoms with E-state index >= 15 is 0 Å². The second-order valence-corrected chi connectivity index (χ2v) is 5.07. The van der Waals surface area contributed by atoms with Crippen LogP contribution in [-0.4, -0.2) is 36.6 Å². The van der Waals surface area contributed by atoms with Gasteiger partial charge in [0.25, 0.3) is 0 Å². The molecule has 0 bridgehead atoms. The van der Waals surface area contributed by atoms with E-state index in [-0.39, 0.29) is 23.9 Å².